The zero-order valence-corrected chi connectivity index (χ0v) is 8.39. The Morgan fingerprint density at radius 1 is 1.47 bits per heavy atom. The predicted octanol–water partition coefficient (Wildman–Crippen LogP) is 1.15. The van der Waals surface area contributed by atoms with Crippen LogP contribution in [0.3, 0.4) is 0 Å². The number of aromatic hydroxyl groups is 1. The molecule has 3 N–H and O–H groups in total. The van der Waals surface area contributed by atoms with E-state index in [1.165, 1.54) is 26.2 Å². The van der Waals surface area contributed by atoms with Crippen LogP contribution in [0.25, 0.3) is 0 Å². The Morgan fingerprint density at radius 2 is 2.07 bits per heavy atom. The Balaban J connectivity index is 3.37. The molecule has 1 rings (SSSR count). The second-order valence-corrected chi connectivity index (χ2v) is 3.09. The fourth-order valence-electron chi connectivity index (χ4n) is 1.26. The van der Waals surface area contributed by atoms with Crippen molar-refractivity contribution >= 4 is 5.97 Å². The van der Waals surface area contributed by atoms with Crippen LogP contribution in [-0.4, -0.2) is 28.4 Å². The van der Waals surface area contributed by atoms with E-state index in [-0.39, 0.29) is 22.6 Å². The van der Waals surface area contributed by atoms with Gasteiger partial charge in [0, 0.05) is 11.6 Å². The van der Waals surface area contributed by atoms with Gasteiger partial charge in [-0.05, 0) is 13.0 Å². The van der Waals surface area contributed by atoms with Gasteiger partial charge in [0.15, 0.2) is 0 Å². The molecule has 0 fully saturated rings. The summed E-state index contributed by atoms with van der Waals surface area (Å²) in [6, 6.07) is 2.37. The highest BCUT2D eigenvalue weighted by Crippen LogP contribution is 2.31. The van der Waals surface area contributed by atoms with E-state index >= 15 is 0 Å². The Hall–Kier alpha value is -1.75. The fraction of sp³-hybridized carbons (Fsp3) is 0.300. The third-order valence-electron chi connectivity index (χ3n) is 2.03. The molecule has 0 heterocycles. The average Bonchev–Trinajstić information content (AvgIpc) is 2.16. The summed E-state index contributed by atoms with van der Waals surface area (Å²) >= 11 is 0. The Labute approximate surface area is 86.5 Å². The number of hydrogen-bond donors (Lipinski definition) is 3. The molecular weight excluding hydrogens is 200 g/mol. The van der Waals surface area contributed by atoms with Crippen LogP contribution in [0.1, 0.15) is 28.9 Å². The summed E-state index contributed by atoms with van der Waals surface area (Å²) in [7, 11) is 1.31. The zero-order valence-electron chi connectivity index (χ0n) is 8.39. The molecule has 1 aromatic rings. The lowest BCUT2D eigenvalue weighted by Gasteiger charge is -2.11. The van der Waals surface area contributed by atoms with Crippen molar-refractivity contribution in [3.8, 4) is 11.5 Å². The van der Waals surface area contributed by atoms with Gasteiger partial charge in [-0.3, -0.25) is 0 Å². The summed E-state index contributed by atoms with van der Waals surface area (Å²) in [6.45, 7) is 1.44. The molecular formula is C10H12O5. The summed E-state index contributed by atoms with van der Waals surface area (Å²) in [5, 5.41) is 27.6. The summed E-state index contributed by atoms with van der Waals surface area (Å²) < 4.78 is 4.80. The molecule has 1 aromatic carbocycles. The second kappa shape index (κ2) is 4.18. The quantitative estimate of drug-likeness (QED) is 0.699. The van der Waals surface area contributed by atoms with Gasteiger partial charge in [0.25, 0.3) is 0 Å². The summed E-state index contributed by atoms with van der Waals surface area (Å²) in [6.07, 6.45) is -0.936. The predicted molar refractivity (Wildman–Crippen MR) is 52.3 cm³/mol. The molecule has 0 saturated carbocycles. The van der Waals surface area contributed by atoms with Crippen molar-refractivity contribution in [3.05, 3.63) is 23.3 Å². The van der Waals surface area contributed by atoms with Gasteiger partial charge < -0.3 is 20.1 Å². The number of methoxy groups -OCH3 is 1. The number of aliphatic hydroxyl groups excluding tert-OH is 1. The standard InChI is InChI=1S/C10H12O5/c1-5(11)6-3-7(10(13)14)9(15-2)4-8(6)12/h3-5,11-12H,1-2H3,(H,13,14). The van der Waals surface area contributed by atoms with Crippen LogP contribution < -0.4 is 4.74 Å². The number of carboxylic acids is 1. The van der Waals surface area contributed by atoms with E-state index in [9.17, 15) is 15.0 Å². The fourth-order valence-corrected chi connectivity index (χ4v) is 1.26. The van der Waals surface area contributed by atoms with Crippen molar-refractivity contribution in [1.29, 1.82) is 0 Å². The lowest BCUT2D eigenvalue weighted by atomic mass is 10.0. The summed E-state index contributed by atoms with van der Waals surface area (Å²) in [5.41, 5.74) is 0.0689. The van der Waals surface area contributed by atoms with E-state index in [0.29, 0.717) is 0 Å². The highest BCUT2D eigenvalue weighted by molar-refractivity contribution is 5.91. The normalized spacial score (nSPS) is 12.2. The first kappa shape index (κ1) is 11.3. The van der Waals surface area contributed by atoms with Crippen molar-refractivity contribution in [2.24, 2.45) is 0 Å². The first-order valence-electron chi connectivity index (χ1n) is 4.29. The Bertz CT molecular complexity index is 384. The average molecular weight is 212 g/mol. The van der Waals surface area contributed by atoms with Gasteiger partial charge in [0.2, 0.25) is 0 Å². The van der Waals surface area contributed by atoms with E-state index in [4.69, 9.17) is 9.84 Å². The number of phenols is 1. The largest absolute Gasteiger partial charge is 0.507 e. The summed E-state index contributed by atoms with van der Waals surface area (Å²) in [4.78, 5) is 10.8. The van der Waals surface area contributed by atoms with Crippen LogP contribution in [0.5, 0.6) is 11.5 Å². The molecule has 0 bridgehead atoms. The maximum absolute atomic E-state index is 10.8. The highest BCUT2D eigenvalue weighted by atomic mass is 16.5. The monoisotopic (exact) mass is 212 g/mol. The highest BCUT2D eigenvalue weighted by Gasteiger charge is 2.17. The number of phenolic OH excluding ortho intramolecular Hbond substituents is 1. The van der Waals surface area contributed by atoms with Gasteiger partial charge in [-0.25, -0.2) is 4.79 Å². The molecule has 0 aliphatic rings. The minimum atomic E-state index is -1.17. The molecule has 82 valence electrons. The first-order chi connectivity index (χ1) is 6.97. The van der Waals surface area contributed by atoms with Gasteiger partial charge in [-0.2, -0.15) is 0 Å². The number of hydrogen-bond acceptors (Lipinski definition) is 4. The van der Waals surface area contributed by atoms with Crippen LogP contribution in [-0.2, 0) is 0 Å². The maximum atomic E-state index is 10.8. The van der Waals surface area contributed by atoms with Crippen LogP contribution >= 0.6 is 0 Å². The van der Waals surface area contributed by atoms with Crippen LogP contribution in [0.2, 0.25) is 0 Å². The zero-order chi connectivity index (χ0) is 11.6. The second-order valence-electron chi connectivity index (χ2n) is 3.09. The van der Waals surface area contributed by atoms with E-state index in [1.54, 1.807) is 0 Å². The molecule has 1 atom stereocenters. The van der Waals surface area contributed by atoms with Crippen molar-refractivity contribution in [2.75, 3.05) is 7.11 Å². The van der Waals surface area contributed by atoms with Gasteiger partial charge in [0.05, 0.1) is 13.2 Å². The van der Waals surface area contributed by atoms with Crippen LogP contribution in [0, 0.1) is 0 Å². The molecule has 0 spiro atoms. The minimum absolute atomic E-state index is 0.0596. The molecule has 0 radical (unpaired) electrons. The van der Waals surface area contributed by atoms with Crippen LogP contribution in [0.15, 0.2) is 12.1 Å². The van der Waals surface area contributed by atoms with E-state index < -0.39 is 12.1 Å². The molecule has 5 nitrogen and oxygen atoms in total. The molecule has 0 aliphatic heterocycles. The van der Waals surface area contributed by atoms with Gasteiger partial charge in [-0.15, -0.1) is 0 Å². The molecule has 0 aliphatic carbocycles. The van der Waals surface area contributed by atoms with Crippen molar-refractivity contribution in [3.63, 3.8) is 0 Å². The molecule has 0 saturated heterocycles. The Morgan fingerprint density at radius 3 is 2.47 bits per heavy atom. The number of aromatic carboxylic acids is 1. The molecule has 0 amide bonds. The third kappa shape index (κ3) is 2.19. The van der Waals surface area contributed by atoms with Gasteiger partial charge in [-0.1, -0.05) is 0 Å². The van der Waals surface area contributed by atoms with E-state index in [0.717, 1.165) is 0 Å². The van der Waals surface area contributed by atoms with E-state index in [1.807, 2.05) is 0 Å². The molecule has 15 heavy (non-hydrogen) atoms. The minimum Gasteiger partial charge on any atom is -0.507 e. The van der Waals surface area contributed by atoms with Crippen LogP contribution in [0.4, 0.5) is 0 Å². The number of ether oxygens (including phenoxy) is 1. The maximum Gasteiger partial charge on any atom is 0.339 e. The van der Waals surface area contributed by atoms with E-state index in [2.05, 4.69) is 0 Å². The first-order valence-corrected chi connectivity index (χ1v) is 4.29. The smallest absolute Gasteiger partial charge is 0.339 e. The number of carbonyl (C=O) groups is 1. The SMILES string of the molecule is COc1cc(O)c(C(C)O)cc1C(=O)O. The molecule has 1 unspecified atom stereocenters. The van der Waals surface area contributed by atoms with Gasteiger partial charge >= 0.3 is 5.97 Å². The third-order valence-corrected chi connectivity index (χ3v) is 2.03. The molecule has 0 aromatic heterocycles. The van der Waals surface area contributed by atoms with Crippen molar-refractivity contribution in [2.45, 2.75) is 13.0 Å². The lowest BCUT2D eigenvalue weighted by molar-refractivity contribution is 0.0693. The number of benzene rings is 1. The van der Waals surface area contributed by atoms with Gasteiger partial charge in [0.1, 0.15) is 17.1 Å². The van der Waals surface area contributed by atoms with Crippen molar-refractivity contribution < 1.29 is 24.9 Å². The topological polar surface area (TPSA) is 87.0 Å². The number of aliphatic hydroxyl groups is 1. The molecule has 5 heteroatoms. The Kier molecular flexibility index (Phi) is 3.16. The van der Waals surface area contributed by atoms with Crippen molar-refractivity contribution in [1.82, 2.24) is 0 Å². The summed E-state index contributed by atoms with van der Waals surface area (Å²) in [5.74, 6) is -1.30. The lowest BCUT2D eigenvalue weighted by Crippen LogP contribution is -2.03. The number of carboxylic acid groups (broad SMARTS) is 1. The number of rotatable bonds is 3.